The predicted octanol–water partition coefficient (Wildman–Crippen LogP) is 2.99. The first-order chi connectivity index (χ1) is 10.2. The van der Waals surface area contributed by atoms with E-state index in [0.29, 0.717) is 17.2 Å². The highest BCUT2D eigenvalue weighted by molar-refractivity contribution is 7.08. The summed E-state index contributed by atoms with van der Waals surface area (Å²) in [7, 11) is 3.35. The minimum atomic E-state index is -0.570. The van der Waals surface area contributed by atoms with Gasteiger partial charge in [0.2, 0.25) is 5.78 Å². The smallest absolute Gasteiger partial charge is 0.213 e. The maximum absolute atomic E-state index is 12.7. The number of carbonyl (C=O) groups is 1. The van der Waals surface area contributed by atoms with Crippen LogP contribution in [0.5, 0.6) is 5.75 Å². The van der Waals surface area contributed by atoms with Gasteiger partial charge in [0.15, 0.2) is 12.0 Å². The van der Waals surface area contributed by atoms with Crippen molar-refractivity contribution in [1.82, 2.24) is 5.32 Å². The van der Waals surface area contributed by atoms with Crippen LogP contribution in [0.15, 0.2) is 47.0 Å². The molecule has 108 valence electrons. The van der Waals surface area contributed by atoms with Crippen LogP contribution in [-0.2, 0) is 9.53 Å². The lowest BCUT2D eigenvalue weighted by atomic mass is 9.98. The van der Waals surface area contributed by atoms with Gasteiger partial charge in [-0.25, -0.2) is 0 Å². The average Bonchev–Trinajstić information content (AvgIpc) is 3.14. The molecule has 0 bridgehead atoms. The van der Waals surface area contributed by atoms with Gasteiger partial charge in [-0.2, -0.15) is 11.3 Å². The van der Waals surface area contributed by atoms with Crippen molar-refractivity contribution in [2.24, 2.45) is 0 Å². The molecule has 0 fully saturated rings. The van der Waals surface area contributed by atoms with Crippen LogP contribution in [0.3, 0.4) is 0 Å². The summed E-state index contributed by atoms with van der Waals surface area (Å²) in [5.74, 6) is 1.18. The zero-order valence-electron chi connectivity index (χ0n) is 11.8. The summed E-state index contributed by atoms with van der Waals surface area (Å²) in [6.45, 7) is 0. The molecule has 0 amide bonds. The van der Waals surface area contributed by atoms with Gasteiger partial charge in [0.25, 0.3) is 0 Å². The Morgan fingerprint density at radius 1 is 1.33 bits per heavy atom. The number of thiophene rings is 1. The van der Waals surface area contributed by atoms with Crippen molar-refractivity contribution in [2.75, 3.05) is 14.2 Å². The number of hydrogen-bond donors (Lipinski definition) is 1. The first-order valence-electron chi connectivity index (χ1n) is 6.54. The highest BCUT2D eigenvalue weighted by Gasteiger charge is 2.37. The van der Waals surface area contributed by atoms with Crippen molar-refractivity contribution in [2.45, 2.75) is 6.10 Å². The average molecular weight is 301 g/mol. The topological polar surface area (TPSA) is 47.6 Å². The van der Waals surface area contributed by atoms with E-state index in [-0.39, 0.29) is 5.78 Å². The Balaban J connectivity index is 2.01. The number of Topliss-reactive ketones (excluding diaryl/α,β-unsaturated/α-hetero) is 1. The summed E-state index contributed by atoms with van der Waals surface area (Å²) in [6.07, 6.45) is -0.570. The largest absolute Gasteiger partial charge is 0.497 e. The lowest BCUT2D eigenvalue weighted by Crippen LogP contribution is -2.09. The molecule has 0 saturated heterocycles. The third kappa shape index (κ3) is 2.40. The Labute approximate surface area is 127 Å². The van der Waals surface area contributed by atoms with E-state index in [9.17, 15) is 4.79 Å². The van der Waals surface area contributed by atoms with Crippen LogP contribution in [0.25, 0.3) is 5.57 Å². The third-order valence-electron chi connectivity index (χ3n) is 3.38. The number of rotatable bonds is 4. The molecule has 2 aromatic rings. The molecular weight excluding hydrogens is 286 g/mol. The Morgan fingerprint density at radius 2 is 2.19 bits per heavy atom. The molecule has 1 aromatic heterocycles. The van der Waals surface area contributed by atoms with Crippen LogP contribution >= 0.6 is 11.3 Å². The van der Waals surface area contributed by atoms with Gasteiger partial charge < -0.3 is 14.8 Å². The molecule has 1 N–H and O–H groups in total. The van der Waals surface area contributed by atoms with Gasteiger partial charge in [0, 0.05) is 12.6 Å². The van der Waals surface area contributed by atoms with Crippen LogP contribution in [-0.4, -0.2) is 19.9 Å². The summed E-state index contributed by atoms with van der Waals surface area (Å²) in [4.78, 5) is 12.7. The van der Waals surface area contributed by atoms with E-state index in [1.807, 2.05) is 41.1 Å². The molecule has 1 aliphatic rings. The molecule has 5 heteroatoms. The fourth-order valence-electron chi connectivity index (χ4n) is 2.35. The summed E-state index contributed by atoms with van der Waals surface area (Å²) in [5.41, 5.74) is 2.24. The summed E-state index contributed by atoms with van der Waals surface area (Å²) < 4.78 is 11.0. The molecule has 1 aliphatic heterocycles. The first kappa shape index (κ1) is 13.7. The second-order valence-electron chi connectivity index (χ2n) is 4.60. The number of ether oxygens (including phenoxy) is 2. The van der Waals surface area contributed by atoms with Crippen molar-refractivity contribution in [3.63, 3.8) is 0 Å². The highest BCUT2D eigenvalue weighted by Crippen LogP contribution is 2.38. The van der Waals surface area contributed by atoms with E-state index in [1.165, 1.54) is 0 Å². The Kier molecular flexibility index (Phi) is 3.66. The zero-order chi connectivity index (χ0) is 14.8. The molecule has 21 heavy (non-hydrogen) atoms. The van der Waals surface area contributed by atoms with Crippen LogP contribution in [0.4, 0.5) is 0 Å². The molecular formula is C16H15NO3S. The molecule has 1 unspecified atom stereocenters. The normalized spacial score (nSPS) is 17.8. The molecule has 0 aliphatic carbocycles. The van der Waals surface area contributed by atoms with Crippen LogP contribution in [0.2, 0.25) is 0 Å². The van der Waals surface area contributed by atoms with E-state index in [1.54, 1.807) is 25.5 Å². The number of methoxy groups -OCH3 is 1. The van der Waals surface area contributed by atoms with Gasteiger partial charge >= 0.3 is 0 Å². The lowest BCUT2D eigenvalue weighted by Gasteiger charge is -2.09. The number of benzene rings is 1. The minimum Gasteiger partial charge on any atom is -0.497 e. The van der Waals surface area contributed by atoms with Crippen molar-refractivity contribution in [3.05, 3.63) is 58.1 Å². The quantitative estimate of drug-likeness (QED) is 0.943. The maximum atomic E-state index is 12.7. The van der Waals surface area contributed by atoms with Crippen molar-refractivity contribution < 1.29 is 14.3 Å². The van der Waals surface area contributed by atoms with Gasteiger partial charge in [-0.05, 0) is 34.5 Å². The fourth-order valence-corrected chi connectivity index (χ4v) is 3.03. The van der Waals surface area contributed by atoms with Crippen molar-refractivity contribution in [3.8, 4) is 5.75 Å². The zero-order valence-corrected chi connectivity index (χ0v) is 12.6. The van der Waals surface area contributed by atoms with Gasteiger partial charge in [-0.1, -0.05) is 12.1 Å². The monoisotopic (exact) mass is 301 g/mol. The number of hydrogen-bond acceptors (Lipinski definition) is 5. The first-order valence-corrected chi connectivity index (χ1v) is 7.48. The lowest BCUT2D eigenvalue weighted by molar-refractivity contribution is -0.120. The van der Waals surface area contributed by atoms with Gasteiger partial charge in [-0.15, -0.1) is 0 Å². The van der Waals surface area contributed by atoms with E-state index in [4.69, 9.17) is 9.47 Å². The molecule has 4 nitrogen and oxygen atoms in total. The minimum absolute atomic E-state index is 0.0361. The van der Waals surface area contributed by atoms with E-state index in [0.717, 1.165) is 11.1 Å². The van der Waals surface area contributed by atoms with Gasteiger partial charge in [0.1, 0.15) is 5.75 Å². The molecule has 0 saturated carbocycles. The number of ketones is 1. The Hall–Kier alpha value is -2.27. The van der Waals surface area contributed by atoms with Gasteiger partial charge in [0.05, 0.1) is 12.7 Å². The SMILES string of the molecule is CNC1=C(c2cccc(OC)c2)C(=O)C(c2ccsc2)O1. The summed E-state index contributed by atoms with van der Waals surface area (Å²) >= 11 is 1.55. The second-order valence-corrected chi connectivity index (χ2v) is 5.38. The van der Waals surface area contributed by atoms with Crippen molar-refractivity contribution in [1.29, 1.82) is 0 Å². The second kappa shape index (κ2) is 5.61. The van der Waals surface area contributed by atoms with Crippen LogP contribution in [0.1, 0.15) is 17.2 Å². The van der Waals surface area contributed by atoms with Crippen LogP contribution < -0.4 is 10.1 Å². The third-order valence-corrected chi connectivity index (χ3v) is 4.08. The standard InChI is InChI=1S/C16H15NO3S/c1-17-16-13(10-4-3-5-12(8-10)19-2)14(18)15(20-16)11-6-7-21-9-11/h3-9,15,17H,1-2H3. The Morgan fingerprint density at radius 3 is 2.86 bits per heavy atom. The van der Waals surface area contributed by atoms with E-state index < -0.39 is 6.10 Å². The number of carbonyl (C=O) groups excluding carboxylic acids is 1. The molecule has 1 atom stereocenters. The van der Waals surface area contributed by atoms with Crippen LogP contribution in [0, 0.1) is 0 Å². The predicted molar refractivity (Wildman–Crippen MR) is 82.1 cm³/mol. The molecule has 0 spiro atoms. The fraction of sp³-hybridized carbons (Fsp3) is 0.188. The van der Waals surface area contributed by atoms with E-state index >= 15 is 0 Å². The van der Waals surface area contributed by atoms with E-state index in [2.05, 4.69) is 5.32 Å². The summed E-state index contributed by atoms with van der Waals surface area (Å²) in [5, 5.41) is 6.85. The summed E-state index contributed by atoms with van der Waals surface area (Å²) in [6, 6.07) is 9.34. The van der Waals surface area contributed by atoms with Crippen molar-refractivity contribution >= 4 is 22.7 Å². The maximum Gasteiger partial charge on any atom is 0.213 e. The molecule has 3 rings (SSSR count). The molecule has 1 aromatic carbocycles. The highest BCUT2D eigenvalue weighted by atomic mass is 32.1. The number of nitrogens with one attached hydrogen (secondary N) is 1. The molecule has 0 radical (unpaired) electrons. The molecule has 2 heterocycles. The Bertz CT molecular complexity index is 691. The van der Waals surface area contributed by atoms with Gasteiger partial charge in [-0.3, -0.25) is 4.79 Å².